The van der Waals surface area contributed by atoms with Crippen LogP contribution in [0.15, 0.2) is 18.2 Å². The second-order valence-corrected chi connectivity index (χ2v) is 5.03. The van der Waals surface area contributed by atoms with Crippen molar-refractivity contribution in [2.75, 3.05) is 27.7 Å². The Hall–Kier alpha value is -0.280. The van der Waals surface area contributed by atoms with E-state index >= 15 is 0 Å². The first-order valence-corrected chi connectivity index (χ1v) is 6.04. The van der Waals surface area contributed by atoms with Gasteiger partial charge in [0, 0.05) is 22.6 Å². The summed E-state index contributed by atoms with van der Waals surface area (Å²) in [4.78, 5) is 2.15. The molecule has 0 aliphatic heterocycles. The van der Waals surface area contributed by atoms with Gasteiger partial charge in [-0.15, -0.1) is 0 Å². The minimum absolute atomic E-state index is 0.381. The van der Waals surface area contributed by atoms with Gasteiger partial charge in [0.25, 0.3) is 0 Å². The lowest BCUT2D eigenvalue weighted by Crippen LogP contribution is -2.37. The SMILES string of the molecule is CNC(Cc1cc(Cl)ccc1Cl)CN(C)C. The van der Waals surface area contributed by atoms with E-state index in [9.17, 15) is 0 Å². The Morgan fingerprint density at radius 3 is 2.56 bits per heavy atom. The second-order valence-electron chi connectivity index (χ2n) is 4.19. The second kappa shape index (κ2) is 6.45. The van der Waals surface area contributed by atoms with Gasteiger partial charge in [-0.1, -0.05) is 23.2 Å². The maximum absolute atomic E-state index is 6.13. The van der Waals surface area contributed by atoms with Crippen LogP contribution in [0, 0.1) is 0 Å². The average molecular weight is 261 g/mol. The van der Waals surface area contributed by atoms with Gasteiger partial charge in [0.05, 0.1) is 0 Å². The van der Waals surface area contributed by atoms with Crippen LogP contribution in [0.3, 0.4) is 0 Å². The number of halogens is 2. The van der Waals surface area contributed by atoms with Crippen LogP contribution in [-0.4, -0.2) is 38.6 Å². The summed E-state index contributed by atoms with van der Waals surface area (Å²) in [5, 5.41) is 4.80. The Labute approximate surface area is 108 Å². The number of benzene rings is 1. The number of rotatable bonds is 5. The van der Waals surface area contributed by atoms with E-state index < -0.39 is 0 Å². The molecule has 0 fully saturated rings. The van der Waals surface area contributed by atoms with Crippen molar-refractivity contribution in [1.29, 1.82) is 0 Å². The minimum Gasteiger partial charge on any atom is -0.315 e. The molecule has 90 valence electrons. The van der Waals surface area contributed by atoms with Crippen molar-refractivity contribution in [2.24, 2.45) is 0 Å². The van der Waals surface area contributed by atoms with Gasteiger partial charge in [0.2, 0.25) is 0 Å². The molecule has 0 heterocycles. The molecule has 0 spiro atoms. The summed E-state index contributed by atoms with van der Waals surface area (Å²) >= 11 is 12.1. The molecule has 1 unspecified atom stereocenters. The predicted molar refractivity (Wildman–Crippen MR) is 71.6 cm³/mol. The van der Waals surface area contributed by atoms with Crippen molar-refractivity contribution in [3.05, 3.63) is 33.8 Å². The van der Waals surface area contributed by atoms with Crippen LogP contribution < -0.4 is 5.32 Å². The van der Waals surface area contributed by atoms with Crippen molar-refractivity contribution in [3.63, 3.8) is 0 Å². The average Bonchev–Trinajstić information content (AvgIpc) is 2.21. The third kappa shape index (κ3) is 4.30. The normalized spacial score (nSPS) is 13.1. The maximum atomic E-state index is 6.13. The van der Waals surface area contributed by atoms with Crippen LogP contribution in [0.5, 0.6) is 0 Å². The Morgan fingerprint density at radius 1 is 1.31 bits per heavy atom. The van der Waals surface area contributed by atoms with Gasteiger partial charge in [-0.2, -0.15) is 0 Å². The number of hydrogen-bond donors (Lipinski definition) is 1. The van der Waals surface area contributed by atoms with Gasteiger partial charge in [0.15, 0.2) is 0 Å². The van der Waals surface area contributed by atoms with Crippen LogP contribution in [0.2, 0.25) is 10.0 Å². The van der Waals surface area contributed by atoms with E-state index in [2.05, 4.69) is 24.3 Å². The van der Waals surface area contributed by atoms with Crippen LogP contribution in [-0.2, 0) is 6.42 Å². The summed E-state index contributed by atoms with van der Waals surface area (Å²) in [6, 6.07) is 5.98. The zero-order chi connectivity index (χ0) is 12.1. The lowest BCUT2D eigenvalue weighted by atomic mass is 10.1. The molecule has 0 saturated carbocycles. The largest absolute Gasteiger partial charge is 0.315 e. The molecule has 0 saturated heterocycles. The highest BCUT2D eigenvalue weighted by atomic mass is 35.5. The predicted octanol–water partition coefficient (Wildman–Crippen LogP) is 2.69. The molecule has 0 bridgehead atoms. The van der Waals surface area contributed by atoms with Crippen molar-refractivity contribution in [2.45, 2.75) is 12.5 Å². The fraction of sp³-hybridized carbons (Fsp3) is 0.500. The third-order valence-electron chi connectivity index (χ3n) is 2.47. The first-order chi connectivity index (χ1) is 7.52. The lowest BCUT2D eigenvalue weighted by Gasteiger charge is -2.21. The first kappa shape index (κ1) is 13.8. The molecule has 0 aliphatic carbocycles. The standard InChI is InChI=1S/C12H18Cl2N2/c1-15-11(8-16(2)3)7-9-6-10(13)4-5-12(9)14/h4-6,11,15H,7-8H2,1-3H3. The van der Waals surface area contributed by atoms with E-state index in [1.807, 2.05) is 25.2 Å². The summed E-state index contributed by atoms with van der Waals surface area (Å²) < 4.78 is 0. The van der Waals surface area contributed by atoms with Gasteiger partial charge in [-0.3, -0.25) is 0 Å². The zero-order valence-electron chi connectivity index (χ0n) is 9.93. The Morgan fingerprint density at radius 2 is 2.00 bits per heavy atom. The van der Waals surface area contributed by atoms with E-state index in [-0.39, 0.29) is 0 Å². The third-order valence-corrected chi connectivity index (χ3v) is 3.07. The molecule has 0 aliphatic rings. The van der Waals surface area contributed by atoms with Crippen molar-refractivity contribution in [3.8, 4) is 0 Å². The monoisotopic (exact) mass is 260 g/mol. The highest BCUT2D eigenvalue weighted by molar-refractivity contribution is 6.33. The van der Waals surface area contributed by atoms with Crippen LogP contribution >= 0.6 is 23.2 Å². The Kier molecular flexibility index (Phi) is 5.56. The van der Waals surface area contributed by atoms with E-state index in [1.165, 1.54) is 0 Å². The number of nitrogens with one attached hydrogen (secondary N) is 1. The molecule has 1 rings (SSSR count). The van der Waals surface area contributed by atoms with Crippen molar-refractivity contribution < 1.29 is 0 Å². The molecule has 2 nitrogen and oxygen atoms in total. The molecular formula is C12H18Cl2N2. The summed E-state index contributed by atoms with van der Waals surface area (Å²) in [5.74, 6) is 0. The van der Waals surface area contributed by atoms with Gasteiger partial charge in [-0.25, -0.2) is 0 Å². The van der Waals surface area contributed by atoms with E-state index in [1.54, 1.807) is 0 Å². The molecule has 1 N–H and O–H groups in total. The quantitative estimate of drug-likeness (QED) is 0.876. The molecule has 0 radical (unpaired) electrons. The highest BCUT2D eigenvalue weighted by Gasteiger charge is 2.11. The van der Waals surface area contributed by atoms with E-state index in [0.29, 0.717) is 6.04 Å². The fourth-order valence-electron chi connectivity index (χ4n) is 1.66. The maximum Gasteiger partial charge on any atom is 0.0439 e. The molecular weight excluding hydrogens is 243 g/mol. The van der Waals surface area contributed by atoms with Crippen molar-refractivity contribution >= 4 is 23.2 Å². The molecule has 0 amide bonds. The summed E-state index contributed by atoms with van der Waals surface area (Å²) in [5.41, 5.74) is 1.09. The molecule has 0 aromatic heterocycles. The number of hydrogen-bond acceptors (Lipinski definition) is 2. The number of likely N-dealkylation sites (N-methyl/N-ethyl adjacent to an activating group) is 2. The van der Waals surface area contributed by atoms with E-state index in [4.69, 9.17) is 23.2 Å². The molecule has 1 atom stereocenters. The van der Waals surface area contributed by atoms with Gasteiger partial charge >= 0.3 is 0 Å². The van der Waals surface area contributed by atoms with Gasteiger partial charge in [0.1, 0.15) is 0 Å². The molecule has 16 heavy (non-hydrogen) atoms. The van der Waals surface area contributed by atoms with Crippen molar-refractivity contribution in [1.82, 2.24) is 10.2 Å². The minimum atomic E-state index is 0.381. The number of nitrogens with zero attached hydrogens (tertiary/aromatic N) is 1. The van der Waals surface area contributed by atoms with Gasteiger partial charge in [-0.05, 0) is 51.3 Å². The summed E-state index contributed by atoms with van der Waals surface area (Å²) in [7, 11) is 6.08. The fourth-order valence-corrected chi connectivity index (χ4v) is 2.05. The smallest absolute Gasteiger partial charge is 0.0439 e. The summed E-state index contributed by atoms with van der Waals surface area (Å²) in [6.45, 7) is 0.972. The first-order valence-electron chi connectivity index (χ1n) is 5.29. The molecule has 1 aromatic carbocycles. The van der Waals surface area contributed by atoms with Crippen LogP contribution in [0.4, 0.5) is 0 Å². The zero-order valence-corrected chi connectivity index (χ0v) is 11.4. The topological polar surface area (TPSA) is 15.3 Å². The van der Waals surface area contributed by atoms with E-state index in [0.717, 1.165) is 28.6 Å². The van der Waals surface area contributed by atoms with Gasteiger partial charge < -0.3 is 10.2 Å². The van der Waals surface area contributed by atoms with Crippen LogP contribution in [0.1, 0.15) is 5.56 Å². The molecule has 1 aromatic rings. The molecule has 4 heteroatoms. The lowest BCUT2D eigenvalue weighted by molar-refractivity contribution is 0.346. The Balaban J connectivity index is 2.73. The van der Waals surface area contributed by atoms with Crippen LogP contribution in [0.25, 0.3) is 0 Å². The highest BCUT2D eigenvalue weighted by Crippen LogP contribution is 2.21. The summed E-state index contributed by atoms with van der Waals surface area (Å²) in [6.07, 6.45) is 0.883. The Bertz CT molecular complexity index is 340.